The molecular formula is C93H70Cl3F21N6O15S3. The van der Waals surface area contributed by atoms with Crippen LogP contribution in [0.25, 0.3) is 0 Å². The van der Waals surface area contributed by atoms with Gasteiger partial charge in [-0.3, -0.25) is 38.8 Å². The van der Waals surface area contributed by atoms with Crippen LogP contribution in [0.15, 0.2) is 166 Å². The highest BCUT2D eigenvalue weighted by molar-refractivity contribution is 7.89. The molecule has 3 aliphatic rings. The first-order chi connectivity index (χ1) is 66.1. The maximum Gasteiger partial charge on any atom is 0.274 e. The molecule has 21 nitrogen and oxygen atoms in total. The topological polar surface area (TPSA) is 288 Å². The largest absolute Gasteiger partial charge is 0.497 e. The molecule has 3 fully saturated rings. The molecule has 11 aromatic rings. The molecule has 3 aliphatic carbocycles. The fourth-order valence-electron chi connectivity index (χ4n) is 13.2. The van der Waals surface area contributed by atoms with E-state index < -0.39 is 231 Å². The van der Waals surface area contributed by atoms with Gasteiger partial charge in [-0.2, -0.15) is 12.9 Å². The highest BCUT2D eigenvalue weighted by Crippen LogP contribution is 2.43. The first kappa shape index (κ1) is 110. The van der Waals surface area contributed by atoms with Crippen LogP contribution in [0, 0.1) is 122 Å². The maximum absolute atomic E-state index is 14.4. The summed E-state index contributed by atoms with van der Waals surface area (Å²) in [5.41, 5.74) is 3.33. The third-order valence-electron chi connectivity index (χ3n) is 21.3. The van der Waals surface area contributed by atoms with Crippen molar-refractivity contribution in [1.29, 1.82) is 0 Å². The number of carbonyl (C=O) groups is 7. The number of nitrogens with one attached hydrogen (secondary N) is 2. The third-order valence-corrected chi connectivity index (χ3v) is 27.9. The number of rotatable bonds is 29. The predicted octanol–water partition coefficient (Wildman–Crippen LogP) is 21.1. The van der Waals surface area contributed by atoms with E-state index in [1.165, 1.54) is 143 Å². The monoisotopic (exact) mass is 2110 g/mol. The summed E-state index contributed by atoms with van der Waals surface area (Å²) < 4.78 is 373. The summed E-state index contributed by atoms with van der Waals surface area (Å²) >= 11 is 17.0. The van der Waals surface area contributed by atoms with Gasteiger partial charge in [-0.25, -0.2) is 123 Å². The highest BCUT2D eigenvalue weighted by Gasteiger charge is 2.46. The van der Waals surface area contributed by atoms with Gasteiger partial charge in [0.15, 0.2) is 143 Å². The molecule has 3 amide bonds. The van der Waals surface area contributed by atoms with Crippen LogP contribution in [0.1, 0.15) is 172 Å². The van der Waals surface area contributed by atoms with Crippen molar-refractivity contribution in [3.8, 4) is 5.75 Å². The van der Waals surface area contributed by atoms with Crippen LogP contribution >= 0.6 is 34.8 Å². The average Bonchev–Trinajstić information content (AvgIpc) is 1.67. The predicted molar refractivity (Wildman–Crippen MR) is 463 cm³/mol. The van der Waals surface area contributed by atoms with Gasteiger partial charge in [-0.05, 0) is 136 Å². The maximum atomic E-state index is 14.4. The standard InChI is InChI=1S/C23H18F5NO4S.C19H14F5NO2.C18H14ClF4NO3S.C17H13Cl2F3N2O4S.C16H11F4NO2/c1-13(30)16-7-3-14(4-8-16)11-29(12-15-5-9-17(33-2)10-6-15)34(31,32)23-21(27)19(25)18(24)20(26)22(23)28;1-9(26)11-4-2-10(3-5-11)8-25(12-6-7-12)19(27)13-14(20)16(22)18(24)17(23)15(13)21;1-9(25)10-2-3-11(13(19)6-10)8-24(12-4-5-12)28(26,27)15-7-14(20)16(21)18(23)17(15)22;18-11-13(20)12(19)15(22)16(14(11)21)29(27,28)24(10-5-6-10)7-8-1-3-9(4-2-8)17(25)23-26;1-8(22)10-4-2-9(3-5-10)7-21-16(23)11-6-12(17)14(19)15(20)13(11)18/h3-10H,11-12H2,1-2H3;2-5,12H,6-8H2,1H3;2-3,6-7,12H,4-5,8H2,1H3;1-4,10,26H,5-7H2,(H,23,25);2-6H,7H2,1H3,(H,21,23). The van der Waals surface area contributed by atoms with Crippen molar-refractivity contribution < 1.29 is 161 Å². The normalized spacial score (nSPS) is 12.9. The lowest BCUT2D eigenvalue weighted by atomic mass is 10.1. The number of halogens is 24. The first-order valence-corrected chi connectivity index (χ1v) is 46.2. The molecule has 141 heavy (non-hydrogen) atoms. The number of sulfonamides is 3. The number of benzene rings is 11. The first-order valence-electron chi connectivity index (χ1n) is 40.7. The molecule has 0 aliphatic heterocycles. The Hall–Kier alpha value is -12.6. The summed E-state index contributed by atoms with van der Waals surface area (Å²) in [6.45, 7) is 3.81. The van der Waals surface area contributed by atoms with E-state index in [2.05, 4.69) is 5.32 Å². The summed E-state index contributed by atoms with van der Waals surface area (Å²) in [5.74, 6) is -47.0. The number of carbonyl (C=O) groups excluding carboxylic acids is 7. The summed E-state index contributed by atoms with van der Waals surface area (Å²) in [7, 11) is -13.3. The Morgan fingerprint density at radius 2 is 0.709 bits per heavy atom. The second kappa shape index (κ2) is 46.0. The van der Waals surface area contributed by atoms with Gasteiger partial charge < -0.3 is 15.0 Å². The second-order valence-electron chi connectivity index (χ2n) is 31.2. The molecule has 0 aromatic heterocycles. The fourth-order valence-corrected chi connectivity index (χ4v) is 19.0. The van der Waals surface area contributed by atoms with Gasteiger partial charge in [0.05, 0.1) is 12.7 Å². The van der Waals surface area contributed by atoms with E-state index >= 15 is 0 Å². The fraction of sp³-hybridized carbons (Fsp3) is 0.215. The molecule has 0 bridgehead atoms. The Kier molecular flexibility index (Phi) is 36.0. The summed E-state index contributed by atoms with van der Waals surface area (Å²) in [6.07, 6.45) is 3.00. The van der Waals surface area contributed by atoms with E-state index in [-0.39, 0.29) is 72.0 Å². The van der Waals surface area contributed by atoms with Crippen LogP contribution in [-0.2, 0) is 69.3 Å². The Balaban J connectivity index is 0.000000182. The molecule has 14 rings (SSSR count). The van der Waals surface area contributed by atoms with Crippen LogP contribution in [0.5, 0.6) is 5.75 Å². The Morgan fingerprint density at radius 3 is 1.12 bits per heavy atom. The van der Waals surface area contributed by atoms with Gasteiger partial charge >= 0.3 is 0 Å². The number of methoxy groups -OCH3 is 1. The molecule has 0 saturated heterocycles. The number of nitrogens with zero attached hydrogens (tertiary/aromatic N) is 4. The zero-order chi connectivity index (χ0) is 105. The van der Waals surface area contributed by atoms with E-state index in [4.69, 9.17) is 44.7 Å². The number of hydrogen-bond acceptors (Lipinski definition) is 15. The molecule has 11 aromatic carbocycles. The number of amides is 3. The second-order valence-corrected chi connectivity index (χ2v) is 37.9. The quantitative estimate of drug-likeness (QED) is 0.00981. The Labute approximate surface area is 803 Å². The van der Waals surface area contributed by atoms with Crippen molar-refractivity contribution in [2.75, 3.05) is 7.11 Å². The number of hydroxylamine groups is 1. The van der Waals surface area contributed by atoms with E-state index in [0.29, 0.717) is 110 Å². The Bertz CT molecular complexity index is 7020. The third kappa shape index (κ3) is 25.5. The lowest BCUT2D eigenvalue weighted by Gasteiger charge is -2.23. The molecule has 48 heteroatoms. The number of hydrogen-bond donors (Lipinski definition) is 3. The minimum atomic E-state index is -5.22. The molecule has 748 valence electrons. The van der Waals surface area contributed by atoms with E-state index in [1.54, 1.807) is 36.4 Å². The van der Waals surface area contributed by atoms with Gasteiger partial charge in [0.25, 0.3) is 17.7 Å². The summed E-state index contributed by atoms with van der Waals surface area (Å²) in [6, 6.07) is 33.0. The minimum Gasteiger partial charge on any atom is -0.497 e. The smallest absolute Gasteiger partial charge is 0.274 e. The van der Waals surface area contributed by atoms with Gasteiger partial charge in [0, 0.05) is 96.3 Å². The molecule has 0 radical (unpaired) electrons. The molecule has 0 spiro atoms. The SMILES string of the molecule is CC(=O)c1ccc(CN(C(=O)c2c(F)c(F)c(F)c(F)c2F)C2CC2)cc1.CC(=O)c1ccc(CN(C2CC2)S(=O)(=O)c2cc(F)c(F)c(F)c2F)c(Cl)c1.CC(=O)c1ccc(CNC(=O)c2cc(F)c(F)c(F)c2F)cc1.COc1ccc(CN(Cc2ccc(C(C)=O)cc2)S(=O)(=O)c2c(F)c(F)c(F)c(F)c2F)cc1.O=C(NO)c1ccc(CN(C2CC2)S(=O)(=O)c2c(F)c(Cl)c(F)c(Cl)c2F)cc1. The number of ketones is 4. The van der Waals surface area contributed by atoms with Gasteiger partial charge in [0.2, 0.25) is 41.7 Å². The van der Waals surface area contributed by atoms with Crippen molar-refractivity contribution in [2.45, 2.75) is 138 Å². The number of ether oxygens (including phenoxy) is 1. The van der Waals surface area contributed by atoms with Crippen LogP contribution in [0.3, 0.4) is 0 Å². The van der Waals surface area contributed by atoms with Crippen molar-refractivity contribution in [1.82, 2.24) is 28.6 Å². The highest BCUT2D eigenvalue weighted by atomic mass is 35.5. The van der Waals surface area contributed by atoms with Gasteiger partial charge in [0.1, 0.15) is 26.3 Å². The van der Waals surface area contributed by atoms with Crippen molar-refractivity contribution in [3.63, 3.8) is 0 Å². The zero-order valence-electron chi connectivity index (χ0n) is 72.9. The molecule has 0 heterocycles. The molecule has 3 saturated carbocycles. The number of Topliss-reactive ketones (excluding diaryl/α,β-unsaturated/α-hetero) is 4. The average molecular weight is 2110 g/mol. The van der Waals surface area contributed by atoms with Crippen LogP contribution < -0.4 is 15.5 Å². The van der Waals surface area contributed by atoms with Crippen molar-refractivity contribution >= 4 is 106 Å². The Morgan fingerprint density at radius 1 is 0.355 bits per heavy atom. The van der Waals surface area contributed by atoms with Crippen molar-refractivity contribution in [2.24, 2.45) is 0 Å². The minimum absolute atomic E-state index is 0.0585. The van der Waals surface area contributed by atoms with E-state index in [9.17, 15) is 151 Å². The lowest BCUT2D eigenvalue weighted by Crippen LogP contribution is -2.34. The summed E-state index contributed by atoms with van der Waals surface area (Å²) in [4.78, 5) is 77.5. The van der Waals surface area contributed by atoms with Gasteiger partial charge in [-0.1, -0.05) is 144 Å². The zero-order valence-corrected chi connectivity index (χ0v) is 77.6. The van der Waals surface area contributed by atoms with Crippen LogP contribution in [0.2, 0.25) is 15.1 Å². The van der Waals surface area contributed by atoms with Gasteiger partial charge in [-0.15, -0.1) is 0 Å². The lowest BCUT2D eigenvalue weighted by molar-refractivity contribution is 0.0703. The van der Waals surface area contributed by atoms with E-state index in [0.717, 1.165) is 13.5 Å². The van der Waals surface area contributed by atoms with E-state index in [1.807, 2.05) is 0 Å². The van der Waals surface area contributed by atoms with Crippen molar-refractivity contribution in [3.05, 3.63) is 361 Å². The molecule has 3 N–H and O–H groups in total. The molecule has 0 atom stereocenters. The molecule has 0 unspecified atom stereocenters. The van der Waals surface area contributed by atoms with Crippen LogP contribution in [0.4, 0.5) is 92.2 Å². The molecular weight excluding hydrogens is 2040 g/mol. The summed E-state index contributed by atoms with van der Waals surface area (Å²) in [5, 5.41) is 8.57. The van der Waals surface area contributed by atoms with Crippen LogP contribution in [-0.4, -0.2) is 114 Å².